The molecule has 0 aliphatic carbocycles. The smallest absolute Gasteiger partial charge is 0.326 e. The Morgan fingerprint density at radius 2 is 1.44 bits per heavy atom. The molecule has 59 heavy (non-hydrogen) atoms. The van der Waals surface area contributed by atoms with Crippen molar-refractivity contribution in [3.05, 3.63) is 29.8 Å². The molecule has 7 atom stereocenters. The van der Waals surface area contributed by atoms with Gasteiger partial charge in [0.15, 0.2) is 11.9 Å². The first-order chi connectivity index (χ1) is 27.8. The van der Waals surface area contributed by atoms with Gasteiger partial charge in [-0.15, -0.1) is 0 Å². The third-order valence-corrected chi connectivity index (χ3v) is 10.3. The summed E-state index contributed by atoms with van der Waals surface area (Å²) in [5.74, 6) is -4.91. The maximum Gasteiger partial charge on any atom is 0.326 e. The number of aromatic hydroxyl groups is 1. The molecule has 15 N–H and O–H groups in total. The molecule has 5 amide bonds. The van der Waals surface area contributed by atoms with E-state index >= 15 is 0 Å². The van der Waals surface area contributed by atoms with Gasteiger partial charge in [0.25, 0.3) is 0 Å². The normalized spacial score (nSPS) is 16.7. The number of carbonyl (C=O) groups is 6. The van der Waals surface area contributed by atoms with Crippen LogP contribution in [0.5, 0.6) is 5.75 Å². The minimum absolute atomic E-state index is 0.00553. The third kappa shape index (κ3) is 16.3. The minimum Gasteiger partial charge on any atom is -0.508 e. The second-order valence-electron chi connectivity index (χ2n) is 15.5. The molecule has 1 aliphatic rings. The number of rotatable bonds is 24. The summed E-state index contributed by atoms with van der Waals surface area (Å²) in [6, 6.07) is -0.518. The number of aliphatic imine (C=N–C) groups is 2. The van der Waals surface area contributed by atoms with Crippen LogP contribution in [0.3, 0.4) is 0 Å². The lowest BCUT2D eigenvalue weighted by Crippen LogP contribution is -2.60. The number of phenols is 1. The van der Waals surface area contributed by atoms with Gasteiger partial charge in [-0.2, -0.15) is 0 Å². The summed E-state index contributed by atoms with van der Waals surface area (Å²) in [5.41, 5.74) is 28.4. The molecule has 20 heteroatoms. The molecule has 1 aromatic carbocycles. The number of aliphatic carboxylic acids is 1. The van der Waals surface area contributed by atoms with Crippen molar-refractivity contribution in [1.29, 1.82) is 0 Å². The van der Waals surface area contributed by atoms with Gasteiger partial charge in [0.05, 0.1) is 6.04 Å². The van der Waals surface area contributed by atoms with Crippen molar-refractivity contribution in [2.24, 2.45) is 50.5 Å². The number of hydrogen-bond acceptors (Lipinski definition) is 10. The number of phenolic OH excluding ortho intramolecular Hbond substituents is 1. The molecule has 0 radical (unpaired) electrons. The number of guanidine groups is 2. The standard InChI is InChI=1S/C39H66N12O8/c1-6-23(4)31(34(55)48-28(37(58)59)20-22(2)3)49-33(54)30(21-24-13-15-25(52)16-14-24)50(5)36(57)29-12-9-19-51(29)35(56)27(11-8-18-46-39(43)44)47-32(53)26(40)10-7-17-45-38(41)42/h13-16,22-23,26-31,52H,6-12,17-21,40H2,1-5H3,(H,47,53)(H,48,55)(H,49,54)(H,58,59)(H4,41,42,45)(H4,43,44,46)/t23-,26-,27-,28-,29-,30-,31-/m0/s1. The predicted octanol–water partition coefficient (Wildman–Crippen LogP) is -1.18. The van der Waals surface area contributed by atoms with E-state index in [1.807, 2.05) is 20.8 Å². The fourth-order valence-corrected chi connectivity index (χ4v) is 6.73. The van der Waals surface area contributed by atoms with Gasteiger partial charge in [-0.25, -0.2) is 4.79 Å². The zero-order valence-corrected chi connectivity index (χ0v) is 34.9. The summed E-state index contributed by atoms with van der Waals surface area (Å²) in [6.45, 7) is 7.87. The monoisotopic (exact) mass is 831 g/mol. The van der Waals surface area contributed by atoms with Gasteiger partial charge < -0.3 is 64.6 Å². The number of nitrogens with zero attached hydrogens (tertiary/aromatic N) is 4. The molecule has 0 aromatic heterocycles. The van der Waals surface area contributed by atoms with Gasteiger partial charge in [-0.05, 0) is 74.5 Å². The number of carboxylic acids is 1. The predicted molar refractivity (Wildman–Crippen MR) is 223 cm³/mol. The van der Waals surface area contributed by atoms with E-state index in [0.29, 0.717) is 31.2 Å². The molecular weight excluding hydrogens is 765 g/mol. The maximum absolute atomic E-state index is 14.5. The first kappa shape index (κ1) is 49.5. The first-order valence-corrected chi connectivity index (χ1v) is 20.1. The number of carbonyl (C=O) groups excluding carboxylic acids is 5. The number of benzene rings is 1. The molecule has 1 aromatic rings. The molecule has 1 fully saturated rings. The van der Waals surface area contributed by atoms with E-state index in [4.69, 9.17) is 28.7 Å². The van der Waals surface area contributed by atoms with Crippen molar-refractivity contribution in [2.45, 2.75) is 122 Å². The maximum atomic E-state index is 14.5. The van der Waals surface area contributed by atoms with Crippen molar-refractivity contribution < 1.29 is 39.0 Å². The van der Waals surface area contributed by atoms with Crippen LogP contribution in [0.2, 0.25) is 0 Å². The molecule has 0 spiro atoms. The van der Waals surface area contributed by atoms with Crippen LogP contribution in [0.15, 0.2) is 34.3 Å². The number of likely N-dealkylation sites (tertiary alicyclic amines) is 1. The molecule has 2 rings (SSSR count). The number of amides is 5. The van der Waals surface area contributed by atoms with Crippen molar-refractivity contribution >= 4 is 47.4 Å². The largest absolute Gasteiger partial charge is 0.508 e. The van der Waals surface area contributed by atoms with E-state index in [2.05, 4.69) is 25.9 Å². The molecule has 0 bridgehead atoms. The molecule has 0 unspecified atom stereocenters. The Hall–Kier alpha value is -5.66. The molecule has 1 saturated heterocycles. The number of likely N-dealkylation sites (N-methyl/N-ethyl adjacent to an activating group) is 1. The van der Waals surface area contributed by atoms with Crippen LogP contribution in [0.1, 0.15) is 84.6 Å². The molecule has 1 heterocycles. The number of hydrogen-bond donors (Lipinski definition) is 10. The zero-order valence-electron chi connectivity index (χ0n) is 34.9. The van der Waals surface area contributed by atoms with Gasteiger partial charge in [0.2, 0.25) is 29.5 Å². The topological polar surface area (TPSA) is 340 Å². The second kappa shape index (κ2) is 24.3. The fraction of sp³-hybridized carbons (Fsp3) is 0.641. The van der Waals surface area contributed by atoms with Crippen LogP contribution >= 0.6 is 0 Å². The van der Waals surface area contributed by atoms with Crippen molar-refractivity contribution in [3.8, 4) is 5.75 Å². The van der Waals surface area contributed by atoms with E-state index in [1.165, 1.54) is 29.0 Å². The van der Waals surface area contributed by atoms with Crippen LogP contribution in [0.4, 0.5) is 0 Å². The average Bonchev–Trinajstić information content (AvgIpc) is 3.67. The van der Waals surface area contributed by atoms with Gasteiger partial charge >= 0.3 is 5.97 Å². The van der Waals surface area contributed by atoms with Gasteiger partial charge in [-0.3, -0.25) is 34.0 Å². The lowest BCUT2D eigenvalue weighted by Gasteiger charge is -2.35. The van der Waals surface area contributed by atoms with Gasteiger partial charge in [0, 0.05) is 33.1 Å². The molecule has 0 saturated carbocycles. The summed E-state index contributed by atoms with van der Waals surface area (Å²) in [4.78, 5) is 92.3. The van der Waals surface area contributed by atoms with E-state index in [-0.39, 0.29) is 75.3 Å². The van der Waals surface area contributed by atoms with Crippen molar-refractivity contribution in [2.75, 3.05) is 26.7 Å². The average molecular weight is 831 g/mol. The summed E-state index contributed by atoms with van der Waals surface area (Å²) < 4.78 is 0. The lowest BCUT2D eigenvalue weighted by atomic mass is 9.95. The van der Waals surface area contributed by atoms with E-state index in [9.17, 15) is 39.0 Å². The summed E-state index contributed by atoms with van der Waals surface area (Å²) in [7, 11) is 1.44. The quantitative estimate of drug-likeness (QED) is 0.0334. The minimum atomic E-state index is -1.21. The van der Waals surface area contributed by atoms with Gasteiger partial charge in [-0.1, -0.05) is 46.2 Å². The van der Waals surface area contributed by atoms with Crippen LogP contribution < -0.4 is 44.6 Å². The number of nitrogens with two attached hydrogens (primary N) is 5. The summed E-state index contributed by atoms with van der Waals surface area (Å²) in [5, 5.41) is 27.8. The molecule has 1 aliphatic heterocycles. The van der Waals surface area contributed by atoms with Crippen LogP contribution in [0.25, 0.3) is 0 Å². The molecular formula is C39H66N12O8. The summed E-state index contributed by atoms with van der Waals surface area (Å²) in [6.07, 6.45) is 2.41. The Labute approximate surface area is 346 Å². The van der Waals surface area contributed by atoms with E-state index < -0.39 is 77.7 Å². The Bertz CT molecular complexity index is 1630. The Morgan fingerprint density at radius 1 is 0.864 bits per heavy atom. The molecule has 20 nitrogen and oxygen atoms in total. The summed E-state index contributed by atoms with van der Waals surface area (Å²) >= 11 is 0. The third-order valence-electron chi connectivity index (χ3n) is 10.3. The lowest BCUT2D eigenvalue weighted by molar-refractivity contribution is -0.148. The number of carboxylic acid groups (broad SMARTS) is 1. The van der Waals surface area contributed by atoms with Gasteiger partial charge in [0.1, 0.15) is 36.0 Å². The Kier molecular flexibility index (Phi) is 20.4. The first-order valence-electron chi connectivity index (χ1n) is 20.1. The van der Waals surface area contributed by atoms with E-state index in [0.717, 1.165) is 0 Å². The zero-order chi connectivity index (χ0) is 44.4. The second-order valence-corrected chi connectivity index (χ2v) is 15.5. The van der Waals surface area contributed by atoms with E-state index in [1.54, 1.807) is 19.1 Å². The highest BCUT2D eigenvalue weighted by Gasteiger charge is 2.42. The van der Waals surface area contributed by atoms with Crippen LogP contribution in [-0.4, -0.2) is 130 Å². The Morgan fingerprint density at radius 3 is 1.98 bits per heavy atom. The SMILES string of the molecule is CC[C@H](C)[C@H](NC(=O)[C@H](Cc1ccc(O)cc1)N(C)C(=O)[C@@H]1CCCN1C(=O)[C@H](CCCN=C(N)N)NC(=O)[C@@H](N)CCCN=C(N)N)C(=O)N[C@@H](CC(C)C)C(=O)O. The Balaban J connectivity index is 2.42. The van der Waals surface area contributed by atoms with Crippen molar-refractivity contribution in [3.63, 3.8) is 0 Å². The van der Waals surface area contributed by atoms with Crippen molar-refractivity contribution in [1.82, 2.24) is 25.8 Å². The fourth-order valence-electron chi connectivity index (χ4n) is 6.73. The highest BCUT2D eigenvalue weighted by atomic mass is 16.4. The highest BCUT2D eigenvalue weighted by molar-refractivity contribution is 5.96. The molecule has 330 valence electrons. The van der Waals surface area contributed by atoms with Crippen LogP contribution in [0, 0.1) is 11.8 Å². The highest BCUT2D eigenvalue weighted by Crippen LogP contribution is 2.24. The number of nitrogens with one attached hydrogen (secondary N) is 3. The van der Waals surface area contributed by atoms with Crippen LogP contribution in [-0.2, 0) is 35.2 Å².